The summed E-state index contributed by atoms with van der Waals surface area (Å²) in [5.41, 5.74) is 1.16. The second kappa shape index (κ2) is 3.75. The van der Waals surface area contributed by atoms with E-state index in [4.69, 9.17) is 0 Å². The summed E-state index contributed by atoms with van der Waals surface area (Å²) in [5.74, 6) is 0.477. The van der Waals surface area contributed by atoms with Crippen molar-refractivity contribution < 1.29 is 9.90 Å². The lowest BCUT2D eigenvalue weighted by Gasteiger charge is -2.46. The standard InChI is InChI=1S/C13H20O2/c1-9(14)10-5-7-13(2)6-3-4-12(15)11(13)8-10/h5,11-12,15H,3-4,6-8H2,1-2H3/t11-,12-,13+/m1/s1. The fourth-order valence-corrected chi connectivity index (χ4v) is 3.17. The molecule has 0 heterocycles. The van der Waals surface area contributed by atoms with Gasteiger partial charge in [-0.15, -0.1) is 0 Å². The fraction of sp³-hybridized carbons (Fsp3) is 0.769. The molecule has 2 aliphatic rings. The van der Waals surface area contributed by atoms with E-state index in [1.165, 1.54) is 6.42 Å². The first kappa shape index (κ1) is 10.9. The lowest BCUT2D eigenvalue weighted by Crippen LogP contribution is -2.42. The van der Waals surface area contributed by atoms with Gasteiger partial charge in [-0.1, -0.05) is 19.4 Å². The molecule has 84 valence electrons. The van der Waals surface area contributed by atoms with E-state index in [2.05, 4.69) is 13.0 Å². The maximum absolute atomic E-state index is 11.3. The van der Waals surface area contributed by atoms with Gasteiger partial charge in [-0.2, -0.15) is 0 Å². The molecule has 1 saturated carbocycles. The van der Waals surface area contributed by atoms with Gasteiger partial charge in [-0.3, -0.25) is 4.79 Å². The van der Waals surface area contributed by atoms with Crippen molar-refractivity contribution in [2.75, 3.05) is 0 Å². The third-order valence-electron chi connectivity index (χ3n) is 4.31. The summed E-state index contributed by atoms with van der Waals surface area (Å²) in [6.07, 6.45) is 6.86. The second-order valence-electron chi connectivity index (χ2n) is 5.41. The molecular weight excluding hydrogens is 188 g/mol. The van der Waals surface area contributed by atoms with E-state index in [0.717, 1.165) is 31.3 Å². The summed E-state index contributed by atoms with van der Waals surface area (Å²) < 4.78 is 0. The van der Waals surface area contributed by atoms with Crippen LogP contribution in [-0.4, -0.2) is 17.0 Å². The molecule has 0 saturated heterocycles. The molecule has 2 aliphatic carbocycles. The Kier molecular flexibility index (Phi) is 2.72. The average molecular weight is 208 g/mol. The summed E-state index contributed by atoms with van der Waals surface area (Å²) in [6.45, 7) is 3.89. The summed E-state index contributed by atoms with van der Waals surface area (Å²) in [6, 6.07) is 0. The third-order valence-corrected chi connectivity index (χ3v) is 4.31. The van der Waals surface area contributed by atoms with Crippen molar-refractivity contribution in [3.63, 3.8) is 0 Å². The second-order valence-corrected chi connectivity index (χ2v) is 5.41. The maximum Gasteiger partial charge on any atom is 0.155 e. The van der Waals surface area contributed by atoms with Crippen LogP contribution in [0.3, 0.4) is 0 Å². The molecule has 0 aromatic carbocycles. The highest BCUT2D eigenvalue weighted by atomic mass is 16.3. The van der Waals surface area contributed by atoms with E-state index >= 15 is 0 Å². The summed E-state index contributed by atoms with van der Waals surface area (Å²) in [5, 5.41) is 10.0. The van der Waals surface area contributed by atoms with Gasteiger partial charge in [0.05, 0.1) is 6.10 Å². The molecule has 0 amide bonds. The number of Topliss-reactive ketones (excluding diaryl/α,β-unsaturated/α-hetero) is 1. The van der Waals surface area contributed by atoms with Crippen LogP contribution in [0.2, 0.25) is 0 Å². The Bertz CT molecular complexity index is 306. The van der Waals surface area contributed by atoms with E-state index in [9.17, 15) is 9.90 Å². The summed E-state index contributed by atoms with van der Waals surface area (Å²) >= 11 is 0. The van der Waals surface area contributed by atoms with Gasteiger partial charge >= 0.3 is 0 Å². The molecule has 0 aromatic heterocycles. The Balaban J connectivity index is 2.23. The van der Waals surface area contributed by atoms with Crippen molar-refractivity contribution in [2.24, 2.45) is 11.3 Å². The first-order valence-corrected chi connectivity index (χ1v) is 5.91. The van der Waals surface area contributed by atoms with Crippen LogP contribution in [0.5, 0.6) is 0 Å². The van der Waals surface area contributed by atoms with E-state index in [1.54, 1.807) is 6.92 Å². The molecule has 0 unspecified atom stereocenters. The van der Waals surface area contributed by atoms with Crippen LogP contribution in [0.1, 0.15) is 46.0 Å². The van der Waals surface area contributed by atoms with Gasteiger partial charge in [0.1, 0.15) is 0 Å². The SMILES string of the molecule is CC(=O)C1=CC[C@]2(C)CCC[C@@H](O)[C@H]2C1. The summed E-state index contributed by atoms with van der Waals surface area (Å²) in [4.78, 5) is 11.3. The quantitative estimate of drug-likeness (QED) is 0.718. The molecule has 0 radical (unpaired) electrons. The number of rotatable bonds is 1. The molecule has 3 atom stereocenters. The van der Waals surface area contributed by atoms with Crippen LogP contribution >= 0.6 is 0 Å². The van der Waals surface area contributed by atoms with Crippen LogP contribution in [-0.2, 0) is 4.79 Å². The van der Waals surface area contributed by atoms with E-state index < -0.39 is 0 Å². The number of allylic oxidation sites excluding steroid dienone is 2. The molecule has 0 bridgehead atoms. The van der Waals surface area contributed by atoms with Gasteiger partial charge in [-0.25, -0.2) is 0 Å². The Morgan fingerprint density at radius 2 is 2.33 bits per heavy atom. The highest BCUT2D eigenvalue weighted by Gasteiger charge is 2.43. The average Bonchev–Trinajstić information content (AvgIpc) is 2.17. The number of fused-ring (bicyclic) bond motifs is 1. The van der Waals surface area contributed by atoms with Gasteiger partial charge < -0.3 is 5.11 Å². The minimum absolute atomic E-state index is 0.176. The number of hydrogen-bond acceptors (Lipinski definition) is 2. The van der Waals surface area contributed by atoms with E-state index in [1.807, 2.05) is 0 Å². The first-order valence-electron chi connectivity index (χ1n) is 5.91. The molecule has 2 nitrogen and oxygen atoms in total. The van der Waals surface area contributed by atoms with Gasteiger partial charge in [0, 0.05) is 0 Å². The van der Waals surface area contributed by atoms with Crippen LogP contribution in [0.15, 0.2) is 11.6 Å². The normalized spacial score (nSPS) is 40.6. The zero-order valence-electron chi connectivity index (χ0n) is 9.62. The summed E-state index contributed by atoms with van der Waals surface area (Å²) in [7, 11) is 0. The van der Waals surface area contributed by atoms with E-state index in [0.29, 0.717) is 5.92 Å². The minimum Gasteiger partial charge on any atom is -0.393 e. The predicted octanol–water partition coefficient (Wildman–Crippen LogP) is 2.46. The smallest absolute Gasteiger partial charge is 0.155 e. The molecular formula is C13H20O2. The number of carbonyl (C=O) groups is 1. The van der Waals surface area contributed by atoms with Crippen molar-refractivity contribution in [3.8, 4) is 0 Å². The number of carbonyl (C=O) groups excluding carboxylic acids is 1. The number of aliphatic hydroxyl groups excluding tert-OH is 1. The fourth-order valence-electron chi connectivity index (χ4n) is 3.17. The molecule has 1 N–H and O–H groups in total. The van der Waals surface area contributed by atoms with Crippen molar-refractivity contribution in [2.45, 2.75) is 52.1 Å². The molecule has 15 heavy (non-hydrogen) atoms. The highest BCUT2D eigenvalue weighted by Crippen LogP contribution is 2.49. The van der Waals surface area contributed by atoms with Gasteiger partial charge in [0.25, 0.3) is 0 Å². The lowest BCUT2D eigenvalue weighted by atomic mass is 9.60. The van der Waals surface area contributed by atoms with Gasteiger partial charge in [0.2, 0.25) is 0 Å². The Hall–Kier alpha value is -0.630. The van der Waals surface area contributed by atoms with Crippen molar-refractivity contribution >= 4 is 5.78 Å². The van der Waals surface area contributed by atoms with Crippen LogP contribution in [0.4, 0.5) is 0 Å². The maximum atomic E-state index is 11.3. The Morgan fingerprint density at radius 3 is 3.00 bits per heavy atom. The molecule has 2 rings (SSSR count). The number of aliphatic hydroxyl groups is 1. The van der Waals surface area contributed by atoms with Crippen LogP contribution < -0.4 is 0 Å². The highest BCUT2D eigenvalue weighted by molar-refractivity contribution is 5.93. The predicted molar refractivity (Wildman–Crippen MR) is 59.5 cm³/mol. The van der Waals surface area contributed by atoms with Gasteiger partial charge in [0.15, 0.2) is 5.78 Å². The third kappa shape index (κ3) is 1.87. The minimum atomic E-state index is -0.202. The van der Waals surface area contributed by atoms with Crippen molar-refractivity contribution in [1.29, 1.82) is 0 Å². The Morgan fingerprint density at radius 1 is 1.60 bits per heavy atom. The zero-order chi connectivity index (χ0) is 11.1. The molecule has 0 aliphatic heterocycles. The first-order chi connectivity index (χ1) is 7.03. The largest absolute Gasteiger partial charge is 0.393 e. The number of hydrogen-bond donors (Lipinski definition) is 1. The lowest BCUT2D eigenvalue weighted by molar-refractivity contribution is -0.114. The number of ketones is 1. The molecule has 2 heteroatoms. The molecule has 0 aromatic rings. The van der Waals surface area contributed by atoms with E-state index in [-0.39, 0.29) is 17.3 Å². The topological polar surface area (TPSA) is 37.3 Å². The van der Waals surface area contributed by atoms with Crippen molar-refractivity contribution in [1.82, 2.24) is 0 Å². The zero-order valence-corrected chi connectivity index (χ0v) is 9.62. The molecule has 0 spiro atoms. The Labute approximate surface area is 91.4 Å². The van der Waals surface area contributed by atoms with Crippen LogP contribution in [0, 0.1) is 11.3 Å². The van der Waals surface area contributed by atoms with Gasteiger partial charge in [-0.05, 0) is 49.5 Å². The van der Waals surface area contributed by atoms with Crippen LogP contribution in [0.25, 0.3) is 0 Å². The monoisotopic (exact) mass is 208 g/mol. The van der Waals surface area contributed by atoms with Crippen molar-refractivity contribution in [3.05, 3.63) is 11.6 Å². The molecule has 1 fully saturated rings.